The van der Waals surface area contributed by atoms with Crippen LogP contribution in [0.1, 0.15) is 35.7 Å². The van der Waals surface area contributed by atoms with Crippen LogP contribution in [-0.2, 0) is 14.8 Å². The highest BCUT2D eigenvalue weighted by molar-refractivity contribution is 9.10. The zero-order chi connectivity index (χ0) is 21.1. The molecule has 2 rings (SSSR count). The third kappa shape index (κ3) is 5.43. The SMILES string of the molecule is Cc1cc(C(=O)NNC(=O)[C@H](NS(=O)(=O)c2ccc(Br)cc2)C(C)C)c(C)o1. The first kappa shape index (κ1) is 22.1. The van der Waals surface area contributed by atoms with E-state index in [4.69, 9.17) is 4.42 Å². The number of nitrogens with one attached hydrogen (secondary N) is 3. The number of aryl methyl sites for hydroxylation is 2. The predicted octanol–water partition coefficient (Wildman–Crippen LogP) is 2.42. The Bertz CT molecular complexity index is 968. The fourth-order valence-electron chi connectivity index (χ4n) is 2.46. The Hall–Kier alpha value is -2.17. The van der Waals surface area contributed by atoms with Crippen molar-refractivity contribution in [2.75, 3.05) is 0 Å². The molecular formula is C18H22BrN3O5S. The molecule has 0 saturated heterocycles. The average Bonchev–Trinajstić information content (AvgIpc) is 2.96. The lowest BCUT2D eigenvalue weighted by Gasteiger charge is -2.21. The minimum Gasteiger partial charge on any atom is -0.466 e. The summed E-state index contributed by atoms with van der Waals surface area (Å²) < 4.78 is 33.5. The highest BCUT2D eigenvalue weighted by Crippen LogP contribution is 2.16. The maximum Gasteiger partial charge on any atom is 0.273 e. The van der Waals surface area contributed by atoms with Crippen molar-refractivity contribution in [2.45, 2.75) is 38.6 Å². The summed E-state index contributed by atoms with van der Waals surface area (Å²) in [4.78, 5) is 24.7. The molecule has 8 nitrogen and oxygen atoms in total. The molecule has 2 amide bonds. The number of sulfonamides is 1. The van der Waals surface area contributed by atoms with E-state index < -0.39 is 27.9 Å². The maximum atomic E-state index is 12.6. The molecule has 0 bridgehead atoms. The predicted molar refractivity (Wildman–Crippen MR) is 107 cm³/mol. The van der Waals surface area contributed by atoms with Crippen LogP contribution in [0.2, 0.25) is 0 Å². The number of hydrogen-bond acceptors (Lipinski definition) is 5. The van der Waals surface area contributed by atoms with E-state index in [1.807, 2.05) is 0 Å². The summed E-state index contributed by atoms with van der Waals surface area (Å²) in [6, 6.07) is 6.50. The second-order valence-electron chi connectivity index (χ2n) is 6.57. The lowest BCUT2D eigenvalue weighted by molar-refractivity contribution is -0.124. The zero-order valence-electron chi connectivity index (χ0n) is 15.9. The molecule has 0 fully saturated rings. The normalized spacial score (nSPS) is 12.6. The fourth-order valence-corrected chi connectivity index (χ4v) is 4.07. The minimum atomic E-state index is -3.92. The summed E-state index contributed by atoms with van der Waals surface area (Å²) in [5.41, 5.74) is 4.84. The van der Waals surface area contributed by atoms with E-state index in [0.717, 1.165) is 4.47 Å². The van der Waals surface area contributed by atoms with Gasteiger partial charge in [0.1, 0.15) is 17.6 Å². The summed E-state index contributed by atoms with van der Waals surface area (Å²) in [7, 11) is -3.92. The third-order valence-electron chi connectivity index (χ3n) is 3.94. The van der Waals surface area contributed by atoms with Gasteiger partial charge in [0.05, 0.1) is 10.5 Å². The van der Waals surface area contributed by atoms with Crippen LogP contribution in [0.25, 0.3) is 0 Å². The second kappa shape index (κ2) is 8.89. The molecule has 1 aromatic heterocycles. The maximum absolute atomic E-state index is 12.6. The molecule has 1 heterocycles. The summed E-state index contributed by atoms with van der Waals surface area (Å²) in [5.74, 6) is -0.611. The lowest BCUT2D eigenvalue weighted by Crippen LogP contribution is -2.54. The highest BCUT2D eigenvalue weighted by atomic mass is 79.9. The van der Waals surface area contributed by atoms with Crippen molar-refractivity contribution in [3.63, 3.8) is 0 Å². The molecule has 3 N–H and O–H groups in total. The third-order valence-corrected chi connectivity index (χ3v) is 5.93. The molecule has 1 aromatic carbocycles. The molecular weight excluding hydrogens is 450 g/mol. The van der Waals surface area contributed by atoms with Gasteiger partial charge in [-0.1, -0.05) is 29.8 Å². The monoisotopic (exact) mass is 471 g/mol. The second-order valence-corrected chi connectivity index (χ2v) is 9.20. The molecule has 0 saturated carbocycles. The van der Waals surface area contributed by atoms with E-state index in [1.54, 1.807) is 45.9 Å². The number of furan rings is 1. The Morgan fingerprint density at radius 1 is 1.07 bits per heavy atom. The number of hydrogen-bond donors (Lipinski definition) is 3. The van der Waals surface area contributed by atoms with Gasteiger partial charge in [0.15, 0.2) is 0 Å². The summed E-state index contributed by atoms with van der Waals surface area (Å²) in [5, 5.41) is 0. The van der Waals surface area contributed by atoms with Gasteiger partial charge in [0, 0.05) is 4.47 Å². The van der Waals surface area contributed by atoms with Crippen LogP contribution < -0.4 is 15.6 Å². The minimum absolute atomic E-state index is 0.0303. The van der Waals surface area contributed by atoms with Crippen molar-refractivity contribution in [3.05, 3.63) is 51.9 Å². The van der Waals surface area contributed by atoms with E-state index in [0.29, 0.717) is 11.5 Å². The van der Waals surface area contributed by atoms with Gasteiger partial charge in [-0.2, -0.15) is 4.72 Å². The van der Waals surface area contributed by atoms with Crippen LogP contribution >= 0.6 is 15.9 Å². The molecule has 0 aliphatic rings. The molecule has 0 radical (unpaired) electrons. The number of carbonyl (C=O) groups is 2. The Morgan fingerprint density at radius 2 is 1.68 bits per heavy atom. The van der Waals surface area contributed by atoms with Gasteiger partial charge in [-0.05, 0) is 50.1 Å². The molecule has 152 valence electrons. The van der Waals surface area contributed by atoms with Crippen LogP contribution in [0.4, 0.5) is 0 Å². The summed E-state index contributed by atoms with van der Waals surface area (Å²) >= 11 is 3.24. The highest BCUT2D eigenvalue weighted by Gasteiger charge is 2.29. The molecule has 0 spiro atoms. The summed E-state index contributed by atoms with van der Waals surface area (Å²) in [6.07, 6.45) is 0. The van der Waals surface area contributed by atoms with Gasteiger partial charge in [-0.15, -0.1) is 0 Å². The molecule has 28 heavy (non-hydrogen) atoms. The van der Waals surface area contributed by atoms with Gasteiger partial charge in [-0.25, -0.2) is 8.42 Å². The van der Waals surface area contributed by atoms with Crippen LogP contribution in [0, 0.1) is 19.8 Å². The first-order valence-electron chi connectivity index (χ1n) is 8.46. The van der Waals surface area contributed by atoms with Crippen molar-refractivity contribution >= 4 is 37.8 Å². The zero-order valence-corrected chi connectivity index (χ0v) is 18.3. The van der Waals surface area contributed by atoms with E-state index in [9.17, 15) is 18.0 Å². The molecule has 1 atom stereocenters. The van der Waals surface area contributed by atoms with Crippen LogP contribution in [0.5, 0.6) is 0 Å². The Kier molecular flexibility index (Phi) is 7.02. The van der Waals surface area contributed by atoms with Crippen molar-refractivity contribution < 1.29 is 22.4 Å². The fraction of sp³-hybridized carbons (Fsp3) is 0.333. The molecule has 10 heteroatoms. The molecule has 0 aliphatic heterocycles. The van der Waals surface area contributed by atoms with Gasteiger partial charge in [-0.3, -0.25) is 20.4 Å². The van der Waals surface area contributed by atoms with Gasteiger partial charge in [0.25, 0.3) is 11.8 Å². The van der Waals surface area contributed by atoms with Crippen molar-refractivity contribution in [2.24, 2.45) is 5.92 Å². The van der Waals surface area contributed by atoms with E-state index >= 15 is 0 Å². The van der Waals surface area contributed by atoms with Gasteiger partial charge < -0.3 is 4.42 Å². The number of benzene rings is 1. The first-order chi connectivity index (χ1) is 13.0. The Balaban J connectivity index is 2.08. The number of rotatable bonds is 6. The Morgan fingerprint density at radius 3 is 2.18 bits per heavy atom. The average molecular weight is 472 g/mol. The van der Waals surface area contributed by atoms with E-state index in [2.05, 4.69) is 31.5 Å². The van der Waals surface area contributed by atoms with Gasteiger partial charge >= 0.3 is 0 Å². The smallest absolute Gasteiger partial charge is 0.273 e. The van der Waals surface area contributed by atoms with Crippen LogP contribution in [0.15, 0.2) is 44.1 Å². The van der Waals surface area contributed by atoms with Crippen molar-refractivity contribution in [3.8, 4) is 0 Å². The molecule has 0 aliphatic carbocycles. The first-order valence-corrected chi connectivity index (χ1v) is 10.7. The summed E-state index contributed by atoms with van der Waals surface area (Å²) in [6.45, 7) is 6.72. The quantitative estimate of drug-likeness (QED) is 0.559. The number of halogens is 1. The topological polar surface area (TPSA) is 118 Å². The van der Waals surface area contributed by atoms with E-state index in [-0.39, 0.29) is 16.4 Å². The number of carbonyl (C=O) groups excluding carboxylic acids is 2. The largest absolute Gasteiger partial charge is 0.466 e. The number of hydrazine groups is 1. The van der Waals surface area contributed by atoms with E-state index in [1.165, 1.54) is 12.1 Å². The Labute approximate surface area is 172 Å². The molecule has 0 unspecified atom stereocenters. The number of amides is 2. The van der Waals surface area contributed by atoms with Gasteiger partial charge in [0.2, 0.25) is 10.0 Å². The lowest BCUT2D eigenvalue weighted by atomic mass is 10.1. The van der Waals surface area contributed by atoms with Crippen molar-refractivity contribution in [1.29, 1.82) is 0 Å². The van der Waals surface area contributed by atoms with Crippen LogP contribution in [-0.4, -0.2) is 26.3 Å². The molecule has 2 aromatic rings. The van der Waals surface area contributed by atoms with Crippen LogP contribution in [0.3, 0.4) is 0 Å². The van der Waals surface area contributed by atoms with Crippen molar-refractivity contribution in [1.82, 2.24) is 15.6 Å². The standard InChI is InChI=1S/C18H22BrN3O5S/c1-10(2)16(22-28(25,26)14-7-5-13(19)6-8-14)18(24)21-20-17(23)15-9-11(3)27-12(15)4/h5-10,16,22H,1-4H3,(H,20,23)(H,21,24)/t16-/m1/s1.